The fourth-order valence-electron chi connectivity index (χ4n) is 8.94. The Balaban J connectivity index is 1.34. The summed E-state index contributed by atoms with van der Waals surface area (Å²) in [4.78, 5) is 10.3. The third-order valence-electron chi connectivity index (χ3n) is 11.6. The second kappa shape index (κ2) is 10.7. The molecule has 0 saturated carbocycles. The van der Waals surface area contributed by atoms with Crippen molar-refractivity contribution in [2.45, 2.75) is 58.0 Å². The standard InChI is InChI=1S/C47H44N4O/c1-45(2,3)31-21-23-39-37(25-31)38-26-32(46(4,5)6)22-24-40(38)47(39)50-29-48(41-17-7-9-19-43(41)50)33-13-11-15-35(27-33)52-36-16-12-14-34(28-36)49-30-51(47)44-20-10-8-18-42(44)49/h7-28H,29-30H2,1-6H3. The molecule has 8 bridgehead atoms. The molecule has 258 valence electrons. The average molecular weight is 681 g/mol. The van der Waals surface area contributed by atoms with Crippen LogP contribution in [-0.4, -0.2) is 13.3 Å². The molecule has 0 atom stereocenters. The zero-order valence-electron chi connectivity index (χ0n) is 30.8. The molecule has 6 aromatic carbocycles. The second-order valence-corrected chi connectivity index (χ2v) is 16.8. The molecule has 0 N–H and O–H groups in total. The van der Waals surface area contributed by atoms with Gasteiger partial charge in [0.1, 0.15) is 11.5 Å². The van der Waals surface area contributed by atoms with Crippen molar-refractivity contribution in [2.24, 2.45) is 0 Å². The summed E-state index contributed by atoms with van der Waals surface area (Å²) in [6.07, 6.45) is 0. The normalized spacial score (nSPS) is 16.3. The molecule has 0 amide bonds. The second-order valence-electron chi connectivity index (χ2n) is 16.8. The minimum absolute atomic E-state index is 0.00202. The first-order valence-electron chi connectivity index (χ1n) is 18.5. The Labute approximate surface area is 307 Å². The van der Waals surface area contributed by atoms with E-state index < -0.39 is 5.66 Å². The number of rotatable bonds is 0. The zero-order valence-corrected chi connectivity index (χ0v) is 30.8. The highest BCUT2D eigenvalue weighted by atomic mass is 16.5. The molecule has 6 aromatic rings. The van der Waals surface area contributed by atoms with Crippen LogP contribution in [0.2, 0.25) is 0 Å². The highest BCUT2D eigenvalue weighted by molar-refractivity contribution is 5.94. The maximum atomic E-state index is 6.58. The minimum Gasteiger partial charge on any atom is -0.457 e. The SMILES string of the molecule is CC(C)(C)c1ccc2c(c1)-c1cc(C(C)(C)C)ccc1C21N2CN(c3cccc(c3)Oc3cccc(c3)N3CN1c1ccccc13)c1ccccc12. The quantitative estimate of drug-likeness (QED) is 0.159. The highest BCUT2D eigenvalue weighted by Crippen LogP contribution is 2.61. The van der Waals surface area contributed by atoms with Crippen LogP contribution in [0.4, 0.5) is 34.1 Å². The monoisotopic (exact) mass is 680 g/mol. The molecule has 4 aliphatic rings. The van der Waals surface area contributed by atoms with Gasteiger partial charge in [-0.05, 0) is 81.6 Å². The third kappa shape index (κ3) is 4.35. The molecule has 0 radical (unpaired) electrons. The van der Waals surface area contributed by atoms with Crippen LogP contribution in [0, 0.1) is 0 Å². The number of nitrogens with zero attached hydrogens (tertiary/aromatic N) is 4. The molecule has 1 spiro atoms. The lowest BCUT2D eigenvalue weighted by Gasteiger charge is -2.49. The van der Waals surface area contributed by atoms with Gasteiger partial charge in [0, 0.05) is 34.6 Å². The fraction of sp³-hybridized carbons (Fsp3) is 0.234. The first kappa shape index (κ1) is 31.1. The van der Waals surface area contributed by atoms with Crippen LogP contribution in [-0.2, 0) is 16.5 Å². The third-order valence-corrected chi connectivity index (χ3v) is 11.6. The van der Waals surface area contributed by atoms with Gasteiger partial charge in [0.2, 0.25) is 0 Å². The van der Waals surface area contributed by atoms with Crippen molar-refractivity contribution < 1.29 is 4.74 Å². The van der Waals surface area contributed by atoms with E-state index in [9.17, 15) is 0 Å². The summed E-state index contributed by atoms with van der Waals surface area (Å²) in [7, 11) is 0. The summed E-state index contributed by atoms with van der Waals surface area (Å²) < 4.78 is 6.58. The van der Waals surface area contributed by atoms with Gasteiger partial charge < -0.3 is 24.3 Å². The van der Waals surface area contributed by atoms with E-state index in [1.54, 1.807) is 0 Å². The minimum atomic E-state index is -0.678. The van der Waals surface area contributed by atoms with Crippen LogP contribution in [0.15, 0.2) is 133 Å². The van der Waals surface area contributed by atoms with E-state index in [1.807, 2.05) is 0 Å². The van der Waals surface area contributed by atoms with Crippen molar-refractivity contribution in [3.05, 3.63) is 156 Å². The molecule has 1 aliphatic carbocycles. The maximum Gasteiger partial charge on any atom is 0.170 e. The lowest BCUT2D eigenvalue weighted by atomic mass is 9.83. The van der Waals surface area contributed by atoms with Crippen molar-refractivity contribution in [3.63, 3.8) is 0 Å². The van der Waals surface area contributed by atoms with Crippen LogP contribution < -0.4 is 24.3 Å². The van der Waals surface area contributed by atoms with Gasteiger partial charge in [-0.25, -0.2) is 0 Å². The molecule has 0 fully saturated rings. The average Bonchev–Trinajstić information content (AvgIpc) is 3.80. The number of fused-ring (bicyclic) bond motifs is 23. The predicted octanol–water partition coefficient (Wildman–Crippen LogP) is 11.8. The summed E-state index contributed by atoms with van der Waals surface area (Å²) in [5.41, 5.74) is 14.3. The van der Waals surface area contributed by atoms with E-state index in [4.69, 9.17) is 4.74 Å². The highest BCUT2D eigenvalue weighted by Gasteiger charge is 2.57. The number of hydrogen-bond donors (Lipinski definition) is 0. The van der Waals surface area contributed by atoms with Crippen molar-refractivity contribution in [1.82, 2.24) is 0 Å². The molecule has 5 nitrogen and oxygen atoms in total. The van der Waals surface area contributed by atoms with E-state index in [0.717, 1.165) is 22.9 Å². The molecule has 5 heteroatoms. The fourth-order valence-corrected chi connectivity index (χ4v) is 8.94. The molecule has 0 saturated heterocycles. The number of para-hydroxylation sites is 4. The van der Waals surface area contributed by atoms with Gasteiger partial charge in [-0.1, -0.05) is 114 Å². The Bertz CT molecular complexity index is 2250. The zero-order chi connectivity index (χ0) is 35.6. The van der Waals surface area contributed by atoms with Gasteiger partial charge >= 0.3 is 0 Å². The number of ether oxygens (including phenoxy) is 1. The van der Waals surface area contributed by atoms with E-state index >= 15 is 0 Å². The molecule has 10 rings (SSSR count). The number of benzene rings is 6. The van der Waals surface area contributed by atoms with Crippen LogP contribution in [0.3, 0.4) is 0 Å². The van der Waals surface area contributed by atoms with Crippen LogP contribution >= 0.6 is 0 Å². The number of anilines is 6. The maximum absolute atomic E-state index is 6.58. The summed E-state index contributed by atoms with van der Waals surface area (Å²) in [6.45, 7) is 15.3. The van der Waals surface area contributed by atoms with E-state index in [-0.39, 0.29) is 10.8 Å². The first-order chi connectivity index (χ1) is 25.0. The summed E-state index contributed by atoms with van der Waals surface area (Å²) in [5, 5.41) is 0. The van der Waals surface area contributed by atoms with Crippen LogP contribution in [0.1, 0.15) is 63.8 Å². The van der Waals surface area contributed by atoms with Gasteiger partial charge in [0.25, 0.3) is 0 Å². The number of hydrogen-bond acceptors (Lipinski definition) is 5. The predicted molar refractivity (Wildman–Crippen MR) is 215 cm³/mol. The van der Waals surface area contributed by atoms with Crippen LogP contribution in [0.5, 0.6) is 11.5 Å². The van der Waals surface area contributed by atoms with Crippen molar-refractivity contribution in [3.8, 4) is 22.6 Å². The van der Waals surface area contributed by atoms with Crippen molar-refractivity contribution in [2.75, 3.05) is 32.9 Å². The van der Waals surface area contributed by atoms with Gasteiger partial charge in [-0.2, -0.15) is 0 Å². The molecule has 3 aliphatic heterocycles. The largest absolute Gasteiger partial charge is 0.457 e. The molecule has 3 heterocycles. The summed E-state index contributed by atoms with van der Waals surface area (Å²) in [5.74, 6) is 1.64. The Hall–Kier alpha value is -5.68. The molecule has 52 heavy (non-hydrogen) atoms. The molecular formula is C47H44N4O. The Morgan fingerprint density at radius 1 is 0.462 bits per heavy atom. The van der Waals surface area contributed by atoms with Gasteiger partial charge in [0.15, 0.2) is 5.66 Å². The van der Waals surface area contributed by atoms with E-state index in [0.29, 0.717) is 13.3 Å². The summed E-state index contributed by atoms with van der Waals surface area (Å²) >= 11 is 0. The Morgan fingerprint density at radius 2 is 0.885 bits per heavy atom. The molecular weight excluding hydrogens is 637 g/mol. The smallest absolute Gasteiger partial charge is 0.170 e. The van der Waals surface area contributed by atoms with Gasteiger partial charge in [0.05, 0.1) is 36.1 Å². The van der Waals surface area contributed by atoms with Gasteiger partial charge in [-0.15, -0.1) is 0 Å². The van der Waals surface area contributed by atoms with E-state index in [1.165, 1.54) is 56.1 Å². The summed E-state index contributed by atoms with van der Waals surface area (Å²) in [6, 6.07) is 49.6. The molecule has 0 unspecified atom stereocenters. The topological polar surface area (TPSA) is 22.2 Å². The first-order valence-corrected chi connectivity index (χ1v) is 18.5. The lowest BCUT2D eigenvalue weighted by molar-refractivity contribution is 0.469. The van der Waals surface area contributed by atoms with Crippen molar-refractivity contribution >= 4 is 34.1 Å². The Morgan fingerprint density at radius 3 is 1.31 bits per heavy atom. The lowest BCUT2D eigenvalue weighted by Crippen LogP contribution is -2.59. The Kier molecular flexibility index (Phi) is 6.38. The van der Waals surface area contributed by atoms with E-state index in [2.05, 4.69) is 195 Å². The molecule has 0 aromatic heterocycles. The van der Waals surface area contributed by atoms with Crippen LogP contribution in [0.25, 0.3) is 11.1 Å². The van der Waals surface area contributed by atoms with Crippen molar-refractivity contribution in [1.29, 1.82) is 0 Å². The van der Waals surface area contributed by atoms with Gasteiger partial charge in [-0.3, -0.25) is 0 Å².